The summed E-state index contributed by atoms with van der Waals surface area (Å²) in [6, 6.07) is 4.15. The van der Waals surface area contributed by atoms with Crippen molar-refractivity contribution in [3.63, 3.8) is 0 Å². The molecule has 0 amide bonds. The second-order valence-electron chi connectivity index (χ2n) is 8.09. The van der Waals surface area contributed by atoms with Crippen LogP contribution in [0.25, 0.3) is 11.3 Å². The maximum absolute atomic E-state index is 5.70. The Morgan fingerprint density at radius 3 is 3.12 bits per heavy atom. The number of aromatic nitrogens is 6. The number of hydrogen-bond donors (Lipinski definition) is 1. The number of pyridine rings is 1. The molecule has 4 heterocycles. The molecule has 32 heavy (non-hydrogen) atoms. The van der Waals surface area contributed by atoms with E-state index in [1.54, 1.807) is 19.5 Å². The van der Waals surface area contributed by atoms with Crippen LogP contribution in [0.1, 0.15) is 19.3 Å². The van der Waals surface area contributed by atoms with Crippen LogP contribution >= 0.6 is 0 Å². The summed E-state index contributed by atoms with van der Waals surface area (Å²) in [4.78, 5) is 18.1. The average molecular weight is 435 g/mol. The van der Waals surface area contributed by atoms with Gasteiger partial charge < -0.3 is 14.8 Å². The van der Waals surface area contributed by atoms with Crippen LogP contribution in [0, 0.1) is 11.8 Å². The van der Waals surface area contributed by atoms with E-state index in [0.29, 0.717) is 59.8 Å². The Bertz CT molecular complexity index is 1130. The lowest BCUT2D eigenvalue weighted by Crippen LogP contribution is -2.30. The van der Waals surface area contributed by atoms with Crippen LogP contribution < -0.4 is 10.1 Å². The predicted molar refractivity (Wildman–Crippen MR) is 120 cm³/mol. The van der Waals surface area contributed by atoms with Crippen molar-refractivity contribution in [1.29, 1.82) is 0 Å². The van der Waals surface area contributed by atoms with Crippen molar-refractivity contribution in [2.24, 2.45) is 16.8 Å². The minimum Gasteiger partial charge on any atom is -0.474 e. The first-order valence-corrected chi connectivity index (χ1v) is 10.9. The summed E-state index contributed by atoms with van der Waals surface area (Å²) < 4.78 is 12.6. The SMILES string of the molecule is COCCOc1ncccc1Nc1cnc2nnn(CC3CC[C@@H]4N=CC=CC4C3)c2n1. The van der Waals surface area contributed by atoms with Gasteiger partial charge in [-0.2, -0.15) is 0 Å². The van der Waals surface area contributed by atoms with E-state index in [1.807, 2.05) is 23.0 Å². The summed E-state index contributed by atoms with van der Waals surface area (Å²) in [5.41, 5.74) is 1.91. The number of anilines is 2. The molecule has 0 bridgehead atoms. The lowest BCUT2D eigenvalue weighted by Gasteiger charge is -2.33. The second kappa shape index (κ2) is 9.39. The molecule has 0 saturated heterocycles. The molecule has 5 rings (SSSR count). The van der Waals surface area contributed by atoms with Crippen molar-refractivity contribution >= 4 is 29.0 Å². The standard InChI is InChI=1S/C22H26N8O2/c1-31-10-11-32-22-18(5-3-9-24-22)26-19-13-25-20-21(27-19)30(29-28-20)14-15-6-7-17-16(12-15)4-2-8-23-17/h2-5,8-9,13,15-17H,6-7,10-12,14H2,1H3,(H,26,27)/t15?,16?,17-/m0/s1. The Kier molecular flexibility index (Phi) is 6.02. The molecule has 1 N–H and O–H groups in total. The Morgan fingerprint density at radius 2 is 2.19 bits per heavy atom. The van der Waals surface area contributed by atoms with Crippen molar-refractivity contribution in [3.8, 4) is 5.88 Å². The molecule has 0 aromatic carbocycles. The lowest BCUT2D eigenvalue weighted by molar-refractivity contribution is 0.144. The van der Waals surface area contributed by atoms with Crippen LogP contribution in [0.15, 0.2) is 41.7 Å². The third-order valence-electron chi connectivity index (χ3n) is 5.91. The predicted octanol–water partition coefficient (Wildman–Crippen LogP) is 2.81. The highest BCUT2D eigenvalue weighted by atomic mass is 16.5. The molecular formula is C22H26N8O2. The third-order valence-corrected chi connectivity index (χ3v) is 5.91. The van der Waals surface area contributed by atoms with Gasteiger partial charge in [0.05, 0.1) is 18.8 Å². The number of fused-ring (bicyclic) bond motifs is 2. The van der Waals surface area contributed by atoms with Crippen molar-refractivity contribution in [2.75, 3.05) is 25.6 Å². The van der Waals surface area contributed by atoms with Gasteiger partial charge in [0, 0.05) is 26.1 Å². The lowest BCUT2D eigenvalue weighted by atomic mass is 9.77. The van der Waals surface area contributed by atoms with Crippen LogP contribution in [0.3, 0.4) is 0 Å². The molecule has 166 valence electrons. The number of nitrogens with zero attached hydrogens (tertiary/aromatic N) is 7. The summed E-state index contributed by atoms with van der Waals surface area (Å²) in [5, 5.41) is 11.8. The smallest absolute Gasteiger partial charge is 0.237 e. The summed E-state index contributed by atoms with van der Waals surface area (Å²) >= 11 is 0. The van der Waals surface area contributed by atoms with E-state index in [0.717, 1.165) is 25.8 Å². The fourth-order valence-corrected chi connectivity index (χ4v) is 4.33. The van der Waals surface area contributed by atoms with Gasteiger partial charge in [0.15, 0.2) is 11.5 Å². The Labute approximate surface area is 185 Å². The molecule has 1 fully saturated rings. The molecular weight excluding hydrogens is 408 g/mol. The fraction of sp³-hybridized carbons (Fsp3) is 0.455. The number of hydrogen-bond acceptors (Lipinski definition) is 9. The number of allylic oxidation sites excluding steroid dienone is 1. The molecule has 2 aliphatic rings. The van der Waals surface area contributed by atoms with Gasteiger partial charge in [-0.3, -0.25) is 4.99 Å². The molecule has 2 unspecified atom stereocenters. The quantitative estimate of drug-likeness (QED) is 0.539. The first kappa shape index (κ1) is 20.5. The number of aliphatic imine (C=N–C) groups is 1. The van der Waals surface area contributed by atoms with Crippen molar-refractivity contribution in [3.05, 3.63) is 36.7 Å². The van der Waals surface area contributed by atoms with Crippen molar-refractivity contribution < 1.29 is 9.47 Å². The van der Waals surface area contributed by atoms with Crippen LogP contribution in [0.2, 0.25) is 0 Å². The van der Waals surface area contributed by atoms with Crippen LogP contribution in [0.4, 0.5) is 11.5 Å². The number of dihydropyridines is 1. The number of rotatable bonds is 8. The summed E-state index contributed by atoms with van der Waals surface area (Å²) in [7, 11) is 1.63. The molecule has 0 radical (unpaired) electrons. The van der Waals surface area contributed by atoms with E-state index in [1.165, 1.54) is 0 Å². The van der Waals surface area contributed by atoms with E-state index in [-0.39, 0.29) is 0 Å². The van der Waals surface area contributed by atoms with Gasteiger partial charge >= 0.3 is 0 Å². The Morgan fingerprint density at radius 1 is 1.22 bits per heavy atom. The zero-order valence-corrected chi connectivity index (χ0v) is 18.0. The number of nitrogens with one attached hydrogen (secondary N) is 1. The highest BCUT2D eigenvalue weighted by Crippen LogP contribution is 2.34. The molecule has 10 heteroatoms. The molecule has 0 spiro atoms. The molecule has 1 aliphatic carbocycles. The number of methoxy groups -OCH3 is 1. The van der Waals surface area contributed by atoms with Gasteiger partial charge in [0.25, 0.3) is 0 Å². The summed E-state index contributed by atoms with van der Waals surface area (Å²) in [6.45, 7) is 1.67. The maximum atomic E-state index is 5.70. The zero-order valence-electron chi connectivity index (χ0n) is 18.0. The minimum absolute atomic E-state index is 0.410. The third kappa shape index (κ3) is 4.45. The molecule has 3 aromatic rings. The largest absolute Gasteiger partial charge is 0.474 e. The second-order valence-corrected chi connectivity index (χ2v) is 8.09. The normalized spacial score (nSPS) is 22.1. The molecule has 1 aliphatic heterocycles. The molecule has 1 saturated carbocycles. The maximum Gasteiger partial charge on any atom is 0.237 e. The van der Waals surface area contributed by atoms with Gasteiger partial charge in [-0.15, -0.1) is 5.10 Å². The van der Waals surface area contributed by atoms with Crippen LogP contribution in [-0.2, 0) is 11.3 Å². The summed E-state index contributed by atoms with van der Waals surface area (Å²) in [5.74, 6) is 2.09. The minimum atomic E-state index is 0.410. The number of ether oxygens (including phenoxy) is 2. The van der Waals surface area contributed by atoms with Gasteiger partial charge in [-0.1, -0.05) is 11.3 Å². The molecule has 10 nitrogen and oxygen atoms in total. The van der Waals surface area contributed by atoms with Crippen molar-refractivity contribution in [2.45, 2.75) is 31.8 Å². The van der Waals surface area contributed by atoms with E-state index in [4.69, 9.17) is 14.5 Å². The highest BCUT2D eigenvalue weighted by molar-refractivity contribution is 5.72. The monoisotopic (exact) mass is 434 g/mol. The molecule has 3 atom stereocenters. The van der Waals surface area contributed by atoms with Crippen molar-refractivity contribution in [1.82, 2.24) is 29.9 Å². The van der Waals surface area contributed by atoms with E-state index < -0.39 is 0 Å². The summed E-state index contributed by atoms with van der Waals surface area (Å²) in [6.07, 6.45) is 12.9. The van der Waals surface area contributed by atoms with Gasteiger partial charge in [0.2, 0.25) is 11.5 Å². The van der Waals surface area contributed by atoms with Crippen LogP contribution in [0.5, 0.6) is 5.88 Å². The highest BCUT2D eigenvalue weighted by Gasteiger charge is 2.30. The van der Waals surface area contributed by atoms with Gasteiger partial charge in [-0.05, 0) is 49.3 Å². The van der Waals surface area contributed by atoms with Gasteiger partial charge in [-0.25, -0.2) is 19.6 Å². The Hall–Kier alpha value is -3.40. The van der Waals surface area contributed by atoms with Crippen LogP contribution in [-0.4, -0.2) is 62.5 Å². The van der Waals surface area contributed by atoms with E-state index >= 15 is 0 Å². The zero-order chi connectivity index (χ0) is 21.8. The first-order valence-electron chi connectivity index (χ1n) is 10.9. The van der Waals surface area contributed by atoms with Gasteiger partial charge in [0.1, 0.15) is 12.3 Å². The molecule has 3 aromatic heterocycles. The van der Waals surface area contributed by atoms with E-state index in [9.17, 15) is 0 Å². The topological polar surface area (TPSA) is 112 Å². The Balaban J connectivity index is 1.31. The fourth-order valence-electron chi connectivity index (χ4n) is 4.33. The first-order chi connectivity index (χ1) is 15.8. The van der Waals surface area contributed by atoms with E-state index in [2.05, 4.69) is 42.7 Å². The average Bonchev–Trinajstić information content (AvgIpc) is 3.22.